The van der Waals surface area contributed by atoms with Crippen molar-refractivity contribution in [2.24, 2.45) is 0 Å². The van der Waals surface area contributed by atoms with Crippen LogP contribution in [-0.4, -0.2) is 9.97 Å². The molecular formula is C15H18ClN3O. The molecule has 0 amide bonds. The van der Waals surface area contributed by atoms with Crippen molar-refractivity contribution in [1.82, 2.24) is 9.97 Å². The highest BCUT2D eigenvalue weighted by Gasteiger charge is 2.07. The maximum absolute atomic E-state index is 6.14. The Morgan fingerprint density at radius 3 is 2.40 bits per heavy atom. The van der Waals surface area contributed by atoms with Crippen LogP contribution in [0.1, 0.15) is 30.3 Å². The molecule has 2 rings (SSSR count). The monoisotopic (exact) mass is 291 g/mol. The van der Waals surface area contributed by atoms with E-state index in [1.807, 2.05) is 26.0 Å². The van der Waals surface area contributed by atoms with Gasteiger partial charge in [-0.05, 0) is 43.5 Å². The van der Waals surface area contributed by atoms with Gasteiger partial charge in [0.05, 0.1) is 0 Å². The van der Waals surface area contributed by atoms with E-state index < -0.39 is 0 Å². The molecule has 2 aromatic rings. The molecular weight excluding hydrogens is 274 g/mol. The molecule has 1 aromatic carbocycles. The molecule has 0 aliphatic heterocycles. The minimum absolute atomic E-state index is 0.417. The predicted molar refractivity (Wildman–Crippen MR) is 81.4 cm³/mol. The van der Waals surface area contributed by atoms with Crippen LogP contribution in [0, 0.1) is 13.8 Å². The zero-order chi connectivity index (χ0) is 14.7. The van der Waals surface area contributed by atoms with Crippen LogP contribution < -0.4 is 10.5 Å². The predicted octanol–water partition coefficient (Wildman–Crippen LogP) is 4.07. The van der Waals surface area contributed by atoms with Crippen molar-refractivity contribution >= 4 is 17.4 Å². The molecule has 1 aromatic heterocycles. The zero-order valence-corrected chi connectivity index (χ0v) is 12.7. The first-order valence-electron chi connectivity index (χ1n) is 6.57. The minimum atomic E-state index is 0.417. The van der Waals surface area contributed by atoms with Gasteiger partial charge in [-0.2, -0.15) is 4.98 Å². The van der Waals surface area contributed by atoms with E-state index in [0.29, 0.717) is 23.3 Å². The molecule has 20 heavy (non-hydrogen) atoms. The summed E-state index contributed by atoms with van der Waals surface area (Å²) in [6.45, 7) is 5.96. The molecule has 5 heteroatoms. The van der Waals surface area contributed by atoms with Crippen molar-refractivity contribution in [3.05, 3.63) is 40.2 Å². The van der Waals surface area contributed by atoms with Crippen LogP contribution in [0.5, 0.6) is 11.6 Å². The summed E-state index contributed by atoms with van der Waals surface area (Å²) in [6.07, 6.45) is 1.74. The lowest BCUT2D eigenvalue weighted by molar-refractivity contribution is 0.458. The molecule has 0 unspecified atom stereocenters. The van der Waals surface area contributed by atoms with Crippen LogP contribution in [0.4, 0.5) is 5.82 Å². The van der Waals surface area contributed by atoms with Crippen molar-refractivity contribution in [1.29, 1.82) is 0 Å². The lowest BCUT2D eigenvalue weighted by atomic mass is 10.1. The van der Waals surface area contributed by atoms with Crippen LogP contribution in [0.2, 0.25) is 5.02 Å². The van der Waals surface area contributed by atoms with Gasteiger partial charge in [-0.15, -0.1) is 0 Å². The quantitative estimate of drug-likeness (QED) is 0.922. The van der Waals surface area contributed by atoms with Crippen molar-refractivity contribution in [3.8, 4) is 11.6 Å². The van der Waals surface area contributed by atoms with Gasteiger partial charge in [-0.1, -0.05) is 18.5 Å². The van der Waals surface area contributed by atoms with E-state index in [0.717, 1.165) is 29.0 Å². The van der Waals surface area contributed by atoms with E-state index in [9.17, 15) is 0 Å². The third-order valence-corrected chi connectivity index (χ3v) is 3.47. The van der Waals surface area contributed by atoms with Gasteiger partial charge in [0.2, 0.25) is 5.88 Å². The summed E-state index contributed by atoms with van der Waals surface area (Å²) >= 11 is 6.14. The standard InChI is InChI=1S/C15H18ClN3O/c1-4-5-13-18-12(17)8-14(19-13)20-11-6-9(2)15(16)10(3)7-11/h6-8H,4-5H2,1-3H3,(H2,17,18,19). The second-order valence-electron chi connectivity index (χ2n) is 4.77. The largest absolute Gasteiger partial charge is 0.439 e. The number of aromatic nitrogens is 2. The summed E-state index contributed by atoms with van der Waals surface area (Å²) in [6, 6.07) is 5.39. The molecule has 1 heterocycles. The fourth-order valence-corrected chi connectivity index (χ4v) is 2.07. The van der Waals surface area contributed by atoms with Crippen molar-refractivity contribution < 1.29 is 4.74 Å². The summed E-state index contributed by atoms with van der Waals surface area (Å²) in [5.74, 6) is 2.28. The SMILES string of the molecule is CCCc1nc(N)cc(Oc2cc(C)c(Cl)c(C)c2)n1. The first-order valence-corrected chi connectivity index (χ1v) is 6.95. The first kappa shape index (κ1) is 14.6. The Bertz CT molecular complexity index is 606. The molecule has 0 atom stereocenters. The molecule has 0 spiro atoms. The van der Waals surface area contributed by atoms with Gasteiger partial charge in [0, 0.05) is 17.5 Å². The highest BCUT2D eigenvalue weighted by atomic mass is 35.5. The second kappa shape index (κ2) is 6.09. The lowest BCUT2D eigenvalue weighted by Crippen LogP contribution is -2.01. The molecule has 0 fully saturated rings. The van der Waals surface area contributed by atoms with E-state index in [4.69, 9.17) is 22.1 Å². The van der Waals surface area contributed by atoms with Gasteiger partial charge in [0.1, 0.15) is 17.4 Å². The zero-order valence-electron chi connectivity index (χ0n) is 11.9. The van der Waals surface area contributed by atoms with Crippen molar-refractivity contribution in [2.75, 3.05) is 5.73 Å². The Labute approximate surface area is 124 Å². The maximum Gasteiger partial charge on any atom is 0.224 e. The molecule has 0 aliphatic rings. The Balaban J connectivity index is 2.30. The van der Waals surface area contributed by atoms with E-state index in [-0.39, 0.29) is 0 Å². The molecule has 0 bridgehead atoms. The molecule has 4 nitrogen and oxygen atoms in total. The van der Waals surface area contributed by atoms with E-state index in [2.05, 4.69) is 16.9 Å². The van der Waals surface area contributed by atoms with Crippen LogP contribution in [0.25, 0.3) is 0 Å². The number of ether oxygens (including phenoxy) is 1. The number of benzene rings is 1. The number of nitrogen functional groups attached to an aromatic ring is 1. The van der Waals surface area contributed by atoms with Gasteiger partial charge >= 0.3 is 0 Å². The van der Waals surface area contributed by atoms with Crippen LogP contribution in [0.15, 0.2) is 18.2 Å². The molecule has 2 N–H and O–H groups in total. The minimum Gasteiger partial charge on any atom is -0.439 e. The van der Waals surface area contributed by atoms with Crippen LogP contribution in [0.3, 0.4) is 0 Å². The summed E-state index contributed by atoms with van der Waals surface area (Å²) < 4.78 is 5.77. The fraction of sp³-hybridized carbons (Fsp3) is 0.333. The van der Waals surface area contributed by atoms with Crippen molar-refractivity contribution in [2.45, 2.75) is 33.6 Å². The third-order valence-electron chi connectivity index (χ3n) is 2.87. The Kier molecular flexibility index (Phi) is 4.45. The van der Waals surface area contributed by atoms with E-state index in [1.165, 1.54) is 0 Å². The average molecular weight is 292 g/mol. The fourth-order valence-electron chi connectivity index (χ4n) is 1.97. The summed E-state index contributed by atoms with van der Waals surface area (Å²) in [5, 5.41) is 0.756. The van der Waals surface area contributed by atoms with Crippen LogP contribution >= 0.6 is 11.6 Å². The average Bonchev–Trinajstić information content (AvgIpc) is 2.35. The van der Waals surface area contributed by atoms with Gasteiger partial charge in [-0.3, -0.25) is 0 Å². The third kappa shape index (κ3) is 3.39. The smallest absolute Gasteiger partial charge is 0.224 e. The highest BCUT2D eigenvalue weighted by molar-refractivity contribution is 6.32. The Morgan fingerprint density at radius 1 is 1.15 bits per heavy atom. The molecule has 0 saturated carbocycles. The molecule has 0 radical (unpaired) electrons. The van der Waals surface area contributed by atoms with Gasteiger partial charge < -0.3 is 10.5 Å². The normalized spacial score (nSPS) is 10.6. The topological polar surface area (TPSA) is 61.0 Å². The number of aryl methyl sites for hydroxylation is 3. The van der Waals surface area contributed by atoms with Gasteiger partial charge in [-0.25, -0.2) is 4.98 Å². The van der Waals surface area contributed by atoms with Gasteiger partial charge in [0.25, 0.3) is 0 Å². The summed E-state index contributed by atoms with van der Waals surface area (Å²) in [5.41, 5.74) is 7.71. The number of halogens is 1. The Hall–Kier alpha value is -1.81. The molecule has 106 valence electrons. The van der Waals surface area contributed by atoms with Crippen molar-refractivity contribution in [3.63, 3.8) is 0 Å². The van der Waals surface area contributed by atoms with Crippen LogP contribution in [-0.2, 0) is 6.42 Å². The van der Waals surface area contributed by atoms with E-state index >= 15 is 0 Å². The second-order valence-corrected chi connectivity index (χ2v) is 5.15. The lowest BCUT2D eigenvalue weighted by Gasteiger charge is -2.10. The number of rotatable bonds is 4. The number of nitrogens with two attached hydrogens (primary N) is 1. The van der Waals surface area contributed by atoms with Gasteiger partial charge in [0.15, 0.2) is 0 Å². The molecule has 0 saturated heterocycles. The summed E-state index contributed by atoms with van der Waals surface area (Å²) in [7, 11) is 0. The maximum atomic E-state index is 6.14. The first-order chi connectivity index (χ1) is 9.49. The molecule has 0 aliphatic carbocycles. The number of nitrogens with zero attached hydrogens (tertiary/aromatic N) is 2. The summed E-state index contributed by atoms with van der Waals surface area (Å²) in [4.78, 5) is 8.53. The number of anilines is 1. The Morgan fingerprint density at radius 2 is 1.80 bits per heavy atom. The van der Waals surface area contributed by atoms with E-state index in [1.54, 1.807) is 6.07 Å². The number of hydrogen-bond donors (Lipinski definition) is 1. The highest BCUT2D eigenvalue weighted by Crippen LogP contribution is 2.28. The number of hydrogen-bond acceptors (Lipinski definition) is 4.